The molecule has 1 aromatic heterocycles. The highest BCUT2D eigenvalue weighted by Gasteiger charge is 2.30. The van der Waals surface area contributed by atoms with Crippen molar-refractivity contribution in [1.29, 1.82) is 0 Å². The van der Waals surface area contributed by atoms with Crippen LogP contribution in [0, 0.1) is 0 Å². The normalized spacial score (nSPS) is 13.0. The Bertz CT molecular complexity index is 1100. The molecule has 0 fully saturated rings. The Morgan fingerprint density at radius 2 is 1.73 bits per heavy atom. The number of hydrogen-bond donors (Lipinski definition) is 4. The van der Waals surface area contributed by atoms with Crippen LogP contribution in [-0.4, -0.2) is 45.9 Å². The number of aromatic amines is 1. The number of aromatic nitrogens is 2. The molecule has 0 saturated carbocycles. The number of aliphatic carboxylic acids is 1. The number of carbonyl (C=O) groups excluding carboxylic acids is 2. The van der Waals surface area contributed by atoms with Gasteiger partial charge in [0.25, 0.3) is 0 Å². The number of carbonyl (C=O) groups is 3. The number of H-pyrrole nitrogens is 1. The third-order valence-corrected chi connectivity index (χ3v) is 5.62. The van der Waals surface area contributed by atoms with E-state index in [-0.39, 0.29) is 31.9 Å². The zero-order chi connectivity index (χ0) is 23.2. The van der Waals surface area contributed by atoms with Crippen LogP contribution in [0.25, 0.3) is 11.1 Å². The van der Waals surface area contributed by atoms with E-state index in [9.17, 15) is 14.4 Å². The molecule has 3 aromatic rings. The lowest BCUT2D eigenvalue weighted by atomic mass is 9.98. The smallest absolute Gasteiger partial charge is 0.407 e. The molecule has 1 aliphatic rings. The molecule has 170 valence electrons. The second kappa shape index (κ2) is 9.99. The molecule has 0 saturated heterocycles. The van der Waals surface area contributed by atoms with Crippen LogP contribution >= 0.6 is 0 Å². The average Bonchev–Trinajstić information content (AvgIpc) is 3.45. The maximum absolute atomic E-state index is 12.6. The maximum atomic E-state index is 12.6. The predicted octanol–water partition coefficient (Wildman–Crippen LogP) is 2.80. The van der Waals surface area contributed by atoms with Crippen LogP contribution in [0.1, 0.15) is 35.4 Å². The Labute approximate surface area is 190 Å². The van der Waals surface area contributed by atoms with Gasteiger partial charge in [-0.15, -0.1) is 0 Å². The number of alkyl carbamates (subject to hydrolysis) is 1. The first kappa shape index (κ1) is 22.1. The fraction of sp³-hybridized carbons (Fsp3) is 0.250. The molecule has 9 nitrogen and oxygen atoms in total. The highest BCUT2D eigenvalue weighted by molar-refractivity contribution is 5.86. The van der Waals surface area contributed by atoms with Gasteiger partial charge in [0.15, 0.2) is 0 Å². The minimum Gasteiger partial charge on any atom is -0.481 e. The molecule has 0 radical (unpaired) electrons. The van der Waals surface area contributed by atoms with Gasteiger partial charge < -0.3 is 20.5 Å². The molecule has 0 spiro atoms. The summed E-state index contributed by atoms with van der Waals surface area (Å²) in [4.78, 5) is 36.1. The van der Waals surface area contributed by atoms with Crippen LogP contribution in [0.3, 0.4) is 0 Å². The van der Waals surface area contributed by atoms with Crippen molar-refractivity contribution in [3.8, 4) is 11.1 Å². The van der Waals surface area contributed by atoms with Gasteiger partial charge in [-0.1, -0.05) is 48.5 Å². The number of nitrogens with one attached hydrogen (secondary N) is 3. The van der Waals surface area contributed by atoms with Gasteiger partial charge in [0.05, 0.1) is 6.20 Å². The standard InChI is InChI=1S/C24H24N4O5/c29-22(30)10-9-21(23(31)25-11-15-12-26-27-13-15)28-24(32)33-14-20-18-7-3-1-5-16(18)17-6-2-4-8-19(17)20/h1-8,12-13,20-21H,9-11,14H2,(H,25,31)(H,26,27)(H,28,32)(H,29,30). The number of fused-ring (bicyclic) bond motifs is 3. The zero-order valence-corrected chi connectivity index (χ0v) is 17.8. The van der Waals surface area contributed by atoms with Gasteiger partial charge in [-0.05, 0) is 28.7 Å². The number of amides is 2. The quantitative estimate of drug-likeness (QED) is 0.398. The number of carboxylic acid groups (broad SMARTS) is 1. The SMILES string of the molecule is O=C(O)CCC(NC(=O)OCC1c2ccccc2-c2ccccc21)C(=O)NCc1cn[nH]c1. The molecule has 0 aliphatic heterocycles. The van der Waals surface area contributed by atoms with Crippen LogP contribution in [0.15, 0.2) is 60.9 Å². The molecule has 4 rings (SSSR count). The second-order valence-electron chi connectivity index (χ2n) is 7.78. The Morgan fingerprint density at radius 1 is 1.06 bits per heavy atom. The fourth-order valence-corrected chi connectivity index (χ4v) is 4.01. The van der Waals surface area contributed by atoms with Crippen molar-refractivity contribution in [2.45, 2.75) is 31.3 Å². The summed E-state index contributed by atoms with van der Waals surface area (Å²) in [6, 6.07) is 14.9. The van der Waals surface area contributed by atoms with Crippen molar-refractivity contribution >= 4 is 18.0 Å². The first-order valence-electron chi connectivity index (χ1n) is 10.6. The summed E-state index contributed by atoms with van der Waals surface area (Å²) in [5, 5.41) is 20.6. The number of ether oxygens (including phenoxy) is 1. The molecule has 9 heteroatoms. The van der Waals surface area contributed by atoms with Crippen LogP contribution in [0.4, 0.5) is 4.79 Å². The lowest BCUT2D eigenvalue weighted by molar-refractivity contribution is -0.137. The minimum atomic E-state index is -1.06. The third kappa shape index (κ3) is 5.20. The van der Waals surface area contributed by atoms with Crippen LogP contribution in [-0.2, 0) is 20.9 Å². The van der Waals surface area contributed by atoms with Gasteiger partial charge in [0, 0.05) is 30.6 Å². The molecule has 2 aromatic carbocycles. The van der Waals surface area contributed by atoms with Crippen LogP contribution in [0.2, 0.25) is 0 Å². The molecule has 33 heavy (non-hydrogen) atoms. The maximum Gasteiger partial charge on any atom is 0.407 e. The lowest BCUT2D eigenvalue weighted by Crippen LogP contribution is -2.47. The van der Waals surface area contributed by atoms with E-state index in [1.54, 1.807) is 12.4 Å². The predicted molar refractivity (Wildman–Crippen MR) is 119 cm³/mol. The Balaban J connectivity index is 1.39. The number of hydrogen-bond acceptors (Lipinski definition) is 5. The zero-order valence-electron chi connectivity index (χ0n) is 17.8. The monoisotopic (exact) mass is 448 g/mol. The second-order valence-corrected chi connectivity index (χ2v) is 7.78. The highest BCUT2D eigenvalue weighted by Crippen LogP contribution is 2.44. The molecule has 1 heterocycles. The van der Waals surface area contributed by atoms with Crippen LogP contribution in [0.5, 0.6) is 0 Å². The van der Waals surface area contributed by atoms with E-state index >= 15 is 0 Å². The van der Waals surface area contributed by atoms with Crippen molar-refractivity contribution in [2.75, 3.05) is 6.61 Å². The van der Waals surface area contributed by atoms with Gasteiger partial charge >= 0.3 is 12.1 Å². The Morgan fingerprint density at radius 3 is 2.33 bits per heavy atom. The fourth-order valence-electron chi connectivity index (χ4n) is 4.01. The van der Waals surface area contributed by atoms with Crippen molar-refractivity contribution < 1.29 is 24.2 Å². The first-order valence-corrected chi connectivity index (χ1v) is 10.6. The van der Waals surface area contributed by atoms with E-state index in [1.165, 1.54) is 0 Å². The summed E-state index contributed by atoms with van der Waals surface area (Å²) in [6.07, 6.45) is 2.09. The van der Waals surface area contributed by atoms with Crippen LogP contribution < -0.4 is 10.6 Å². The van der Waals surface area contributed by atoms with Gasteiger partial charge in [0.1, 0.15) is 12.6 Å². The topological polar surface area (TPSA) is 133 Å². The Kier molecular flexibility index (Phi) is 6.68. The van der Waals surface area contributed by atoms with Gasteiger partial charge in [-0.25, -0.2) is 4.79 Å². The summed E-state index contributed by atoms with van der Waals surface area (Å²) in [7, 11) is 0. The lowest BCUT2D eigenvalue weighted by Gasteiger charge is -2.19. The van der Waals surface area contributed by atoms with Gasteiger partial charge in [0.2, 0.25) is 5.91 Å². The largest absolute Gasteiger partial charge is 0.481 e. The number of nitrogens with zero attached hydrogens (tertiary/aromatic N) is 1. The van der Waals surface area contributed by atoms with E-state index in [2.05, 4.69) is 20.8 Å². The van der Waals surface area contributed by atoms with E-state index < -0.39 is 24.0 Å². The van der Waals surface area contributed by atoms with Crippen molar-refractivity contribution in [3.05, 3.63) is 77.6 Å². The molecule has 1 aliphatic carbocycles. The first-order chi connectivity index (χ1) is 16.0. The molecule has 1 unspecified atom stereocenters. The van der Waals surface area contributed by atoms with E-state index in [1.807, 2.05) is 48.5 Å². The summed E-state index contributed by atoms with van der Waals surface area (Å²) in [5.41, 5.74) is 5.13. The van der Waals surface area contributed by atoms with Gasteiger partial charge in [-0.2, -0.15) is 5.10 Å². The van der Waals surface area contributed by atoms with E-state index in [0.717, 1.165) is 27.8 Å². The third-order valence-electron chi connectivity index (χ3n) is 5.62. The molecule has 2 amide bonds. The van der Waals surface area contributed by atoms with E-state index in [4.69, 9.17) is 9.84 Å². The summed E-state index contributed by atoms with van der Waals surface area (Å²) < 4.78 is 5.49. The molecule has 4 N–H and O–H groups in total. The molecular weight excluding hydrogens is 424 g/mol. The highest BCUT2D eigenvalue weighted by atomic mass is 16.5. The Hall–Kier alpha value is -4.14. The van der Waals surface area contributed by atoms with Crippen molar-refractivity contribution in [1.82, 2.24) is 20.8 Å². The van der Waals surface area contributed by atoms with Crippen molar-refractivity contribution in [2.24, 2.45) is 0 Å². The minimum absolute atomic E-state index is 0.0588. The molecular formula is C24H24N4O5. The number of carboxylic acids is 1. The van der Waals surface area contributed by atoms with E-state index in [0.29, 0.717) is 0 Å². The molecule has 1 atom stereocenters. The average molecular weight is 448 g/mol. The van der Waals surface area contributed by atoms with Gasteiger partial charge in [-0.3, -0.25) is 14.7 Å². The summed E-state index contributed by atoms with van der Waals surface area (Å²) >= 11 is 0. The molecule has 0 bridgehead atoms. The number of benzene rings is 2. The van der Waals surface area contributed by atoms with Crippen molar-refractivity contribution in [3.63, 3.8) is 0 Å². The summed E-state index contributed by atoms with van der Waals surface area (Å²) in [5.74, 6) is -1.67. The summed E-state index contributed by atoms with van der Waals surface area (Å²) in [6.45, 7) is 0.299. The number of rotatable bonds is 9.